The molecule has 8 heteroatoms. The van der Waals surface area contributed by atoms with Crippen LogP contribution in [0.5, 0.6) is 0 Å². The average Bonchev–Trinajstić information content (AvgIpc) is 3.17. The summed E-state index contributed by atoms with van der Waals surface area (Å²) < 4.78 is 1.94. The molecule has 0 bridgehead atoms. The van der Waals surface area contributed by atoms with Crippen molar-refractivity contribution in [2.45, 2.75) is 38.9 Å². The summed E-state index contributed by atoms with van der Waals surface area (Å²) in [6.07, 6.45) is 3.64. The van der Waals surface area contributed by atoms with Crippen molar-refractivity contribution >= 4 is 29.1 Å². The maximum atomic E-state index is 12.7. The first-order valence-electron chi connectivity index (χ1n) is 10.2. The van der Waals surface area contributed by atoms with Gasteiger partial charge in [-0.3, -0.25) is 4.79 Å². The SMILES string of the molecule is CC(C)(CNCc1cccc(Cl)c1Cl)NC(=O)Cc1cncn1Cc1ccc(C#N)cc1. The normalized spacial score (nSPS) is 11.2. The summed E-state index contributed by atoms with van der Waals surface area (Å²) in [5, 5.41) is 16.4. The highest BCUT2D eigenvalue weighted by molar-refractivity contribution is 6.42. The fourth-order valence-electron chi connectivity index (χ4n) is 3.34. The fraction of sp³-hybridized carbons (Fsp3) is 0.292. The van der Waals surface area contributed by atoms with Crippen LogP contribution in [0.2, 0.25) is 10.0 Å². The van der Waals surface area contributed by atoms with Gasteiger partial charge in [-0.1, -0.05) is 47.5 Å². The molecule has 0 aliphatic heterocycles. The predicted molar refractivity (Wildman–Crippen MR) is 127 cm³/mol. The zero-order chi connectivity index (χ0) is 23.1. The Balaban J connectivity index is 1.53. The van der Waals surface area contributed by atoms with Crippen molar-refractivity contribution in [2.75, 3.05) is 6.54 Å². The molecule has 0 atom stereocenters. The molecule has 1 heterocycles. The summed E-state index contributed by atoms with van der Waals surface area (Å²) in [6, 6.07) is 15.0. The van der Waals surface area contributed by atoms with Crippen LogP contribution in [-0.2, 0) is 24.3 Å². The third kappa shape index (κ3) is 6.57. The van der Waals surface area contributed by atoms with Gasteiger partial charge >= 0.3 is 0 Å². The van der Waals surface area contributed by atoms with Gasteiger partial charge in [-0.15, -0.1) is 0 Å². The fourth-order valence-corrected chi connectivity index (χ4v) is 3.73. The Morgan fingerprint density at radius 3 is 2.66 bits per heavy atom. The van der Waals surface area contributed by atoms with Gasteiger partial charge in [0.1, 0.15) is 0 Å². The number of rotatable bonds is 9. The number of halogens is 2. The highest BCUT2D eigenvalue weighted by Gasteiger charge is 2.21. The van der Waals surface area contributed by atoms with Gasteiger partial charge in [0, 0.05) is 37.1 Å². The lowest BCUT2D eigenvalue weighted by Gasteiger charge is -2.27. The molecule has 1 aromatic heterocycles. The van der Waals surface area contributed by atoms with E-state index in [-0.39, 0.29) is 12.3 Å². The molecule has 0 radical (unpaired) electrons. The Morgan fingerprint density at radius 2 is 1.94 bits per heavy atom. The average molecular weight is 470 g/mol. The lowest BCUT2D eigenvalue weighted by atomic mass is 10.0. The second kappa shape index (κ2) is 10.6. The number of benzene rings is 2. The van der Waals surface area contributed by atoms with E-state index in [1.54, 1.807) is 30.7 Å². The number of amides is 1. The van der Waals surface area contributed by atoms with E-state index in [1.807, 2.05) is 42.7 Å². The topological polar surface area (TPSA) is 82.7 Å². The number of hydrogen-bond donors (Lipinski definition) is 2. The van der Waals surface area contributed by atoms with Crippen LogP contribution in [0.25, 0.3) is 0 Å². The number of imidazole rings is 1. The van der Waals surface area contributed by atoms with Crippen molar-refractivity contribution in [3.05, 3.63) is 87.4 Å². The quantitative estimate of drug-likeness (QED) is 0.488. The molecule has 0 spiro atoms. The number of carbonyl (C=O) groups is 1. The summed E-state index contributed by atoms with van der Waals surface area (Å²) in [5.41, 5.74) is 2.93. The molecule has 0 saturated carbocycles. The van der Waals surface area contributed by atoms with E-state index in [9.17, 15) is 4.79 Å². The molecule has 0 saturated heterocycles. The van der Waals surface area contributed by atoms with Crippen LogP contribution in [0.3, 0.4) is 0 Å². The van der Waals surface area contributed by atoms with Gasteiger partial charge in [0.15, 0.2) is 0 Å². The molecule has 3 rings (SSSR count). The molecular weight excluding hydrogens is 445 g/mol. The van der Waals surface area contributed by atoms with Crippen molar-refractivity contribution < 1.29 is 4.79 Å². The van der Waals surface area contributed by atoms with Crippen LogP contribution in [0.1, 0.15) is 36.2 Å². The summed E-state index contributed by atoms with van der Waals surface area (Å²) in [5.74, 6) is -0.0841. The minimum absolute atomic E-state index is 0.0841. The van der Waals surface area contributed by atoms with Crippen molar-refractivity contribution in [2.24, 2.45) is 0 Å². The lowest BCUT2D eigenvalue weighted by molar-refractivity contribution is -0.122. The van der Waals surface area contributed by atoms with Gasteiger partial charge < -0.3 is 15.2 Å². The number of carbonyl (C=O) groups excluding carboxylic acids is 1. The van der Waals surface area contributed by atoms with Crippen LogP contribution in [0, 0.1) is 11.3 Å². The molecule has 2 aromatic carbocycles. The molecule has 6 nitrogen and oxygen atoms in total. The zero-order valence-electron chi connectivity index (χ0n) is 18.0. The van der Waals surface area contributed by atoms with Crippen LogP contribution in [-0.4, -0.2) is 27.5 Å². The summed E-state index contributed by atoms with van der Waals surface area (Å²) in [4.78, 5) is 16.9. The van der Waals surface area contributed by atoms with Crippen molar-refractivity contribution in [1.29, 1.82) is 5.26 Å². The maximum absolute atomic E-state index is 12.7. The number of aromatic nitrogens is 2. The van der Waals surface area contributed by atoms with Crippen LogP contribution >= 0.6 is 23.2 Å². The third-order valence-electron chi connectivity index (χ3n) is 4.97. The first-order valence-corrected chi connectivity index (χ1v) is 11.0. The smallest absolute Gasteiger partial charge is 0.226 e. The predicted octanol–water partition coefficient (Wildman–Crippen LogP) is 4.34. The maximum Gasteiger partial charge on any atom is 0.226 e. The van der Waals surface area contributed by atoms with Crippen molar-refractivity contribution in [1.82, 2.24) is 20.2 Å². The molecule has 0 aliphatic carbocycles. The van der Waals surface area contributed by atoms with E-state index in [0.29, 0.717) is 35.2 Å². The number of nitrogens with zero attached hydrogens (tertiary/aromatic N) is 3. The molecule has 0 fully saturated rings. The number of nitriles is 1. The minimum atomic E-state index is -0.458. The third-order valence-corrected chi connectivity index (χ3v) is 5.83. The second-order valence-electron chi connectivity index (χ2n) is 8.25. The van der Waals surface area contributed by atoms with E-state index < -0.39 is 5.54 Å². The van der Waals surface area contributed by atoms with E-state index in [1.165, 1.54) is 0 Å². The molecule has 1 amide bonds. The second-order valence-corrected chi connectivity index (χ2v) is 9.03. The molecule has 166 valence electrons. The molecule has 32 heavy (non-hydrogen) atoms. The number of hydrogen-bond acceptors (Lipinski definition) is 4. The molecule has 3 aromatic rings. The molecule has 2 N–H and O–H groups in total. The Morgan fingerprint density at radius 1 is 1.19 bits per heavy atom. The first kappa shape index (κ1) is 23.8. The van der Waals surface area contributed by atoms with E-state index in [4.69, 9.17) is 28.5 Å². The monoisotopic (exact) mass is 469 g/mol. The van der Waals surface area contributed by atoms with E-state index >= 15 is 0 Å². The van der Waals surface area contributed by atoms with E-state index in [0.717, 1.165) is 16.8 Å². The van der Waals surface area contributed by atoms with Gasteiger partial charge in [0.2, 0.25) is 5.91 Å². The Kier molecular flexibility index (Phi) is 7.92. The lowest BCUT2D eigenvalue weighted by Crippen LogP contribution is -2.50. The van der Waals surface area contributed by atoms with Crippen molar-refractivity contribution in [3.8, 4) is 6.07 Å². The van der Waals surface area contributed by atoms with Crippen LogP contribution in [0.4, 0.5) is 0 Å². The van der Waals surface area contributed by atoms with Gasteiger partial charge in [-0.05, 0) is 43.2 Å². The Bertz CT molecular complexity index is 1120. The summed E-state index contributed by atoms with van der Waals surface area (Å²) >= 11 is 12.3. The summed E-state index contributed by atoms with van der Waals surface area (Å²) in [7, 11) is 0. The standard InChI is InChI=1S/C24H25Cl2N5O/c1-24(2,15-28-12-19-4-3-5-21(25)23(19)26)30-22(32)10-20-13-29-16-31(20)14-18-8-6-17(11-27)7-9-18/h3-9,13,16,28H,10,12,14-15H2,1-2H3,(H,30,32). The number of nitrogens with one attached hydrogen (secondary N) is 2. The zero-order valence-corrected chi connectivity index (χ0v) is 19.5. The van der Waals surface area contributed by atoms with Gasteiger partial charge in [0.25, 0.3) is 0 Å². The molecular formula is C24H25Cl2N5O. The van der Waals surface area contributed by atoms with E-state index in [2.05, 4.69) is 21.7 Å². The van der Waals surface area contributed by atoms with Crippen LogP contribution < -0.4 is 10.6 Å². The first-order chi connectivity index (χ1) is 15.3. The van der Waals surface area contributed by atoms with Crippen LogP contribution in [0.15, 0.2) is 55.0 Å². The summed E-state index contributed by atoms with van der Waals surface area (Å²) in [6.45, 7) is 5.62. The van der Waals surface area contributed by atoms with Gasteiger partial charge in [0.05, 0.1) is 34.4 Å². The Hall–Kier alpha value is -2.85. The molecule has 0 unspecified atom stereocenters. The highest BCUT2D eigenvalue weighted by atomic mass is 35.5. The van der Waals surface area contributed by atoms with Crippen molar-refractivity contribution in [3.63, 3.8) is 0 Å². The largest absolute Gasteiger partial charge is 0.350 e. The minimum Gasteiger partial charge on any atom is -0.350 e. The highest BCUT2D eigenvalue weighted by Crippen LogP contribution is 2.25. The molecule has 0 aliphatic rings. The van der Waals surface area contributed by atoms with Gasteiger partial charge in [-0.2, -0.15) is 5.26 Å². The van der Waals surface area contributed by atoms with Gasteiger partial charge in [-0.25, -0.2) is 4.98 Å². The Labute approximate surface area is 198 Å².